The van der Waals surface area contributed by atoms with Crippen LogP contribution in [-0.2, 0) is 5.41 Å². The summed E-state index contributed by atoms with van der Waals surface area (Å²) in [5, 5.41) is 12.2. The number of nitroso groups, excluding NO2 is 1. The van der Waals surface area contributed by atoms with Crippen LogP contribution in [0.4, 0.5) is 0 Å². The number of carbonyl (C=O) groups is 1. The largest absolute Gasteiger partial charge is 0.478 e. The molecule has 0 aromatic heterocycles. The number of carboxylic acids is 1. The van der Waals surface area contributed by atoms with E-state index in [0.29, 0.717) is 0 Å². The number of benzene rings is 2. The second-order valence-corrected chi connectivity index (χ2v) is 8.21. The van der Waals surface area contributed by atoms with Gasteiger partial charge in [-0.25, -0.2) is 4.79 Å². The number of rotatable bonds is 5. The Balaban J connectivity index is 1.85. The van der Waals surface area contributed by atoms with E-state index in [0.717, 1.165) is 23.3 Å². The molecule has 0 saturated heterocycles. The predicted molar refractivity (Wildman–Crippen MR) is 106 cm³/mol. The number of aromatic carboxylic acids is 1. The summed E-state index contributed by atoms with van der Waals surface area (Å²) in [6.45, 7) is 4.47. The van der Waals surface area contributed by atoms with Crippen LogP contribution in [0.25, 0.3) is 6.08 Å². The fraction of sp³-hybridized carbons (Fsp3) is 0.286. The molecule has 2 aromatic rings. The van der Waals surface area contributed by atoms with Crippen molar-refractivity contribution in [3.63, 3.8) is 0 Å². The fourth-order valence-corrected chi connectivity index (χ4v) is 4.57. The summed E-state index contributed by atoms with van der Waals surface area (Å²) in [5.74, 6) is 0.156. The van der Waals surface area contributed by atoms with Crippen molar-refractivity contribution in [3.05, 3.63) is 75.7 Å². The van der Waals surface area contributed by atoms with Crippen molar-refractivity contribution in [2.24, 2.45) is 5.18 Å². The molecule has 134 valence electrons. The molecule has 5 heteroatoms. The molecule has 1 aliphatic heterocycles. The predicted octanol–water partition coefficient (Wildman–Crippen LogP) is 5.68. The molecule has 1 atom stereocenters. The minimum absolute atomic E-state index is 0.0976. The third-order valence-electron chi connectivity index (χ3n) is 4.80. The van der Waals surface area contributed by atoms with Crippen LogP contribution in [0.3, 0.4) is 0 Å². The highest BCUT2D eigenvalue weighted by molar-refractivity contribution is 7.99. The lowest BCUT2D eigenvalue weighted by Gasteiger charge is -2.32. The number of carboxylic acid groups (broad SMARTS) is 1. The van der Waals surface area contributed by atoms with Crippen molar-refractivity contribution in [2.45, 2.75) is 36.6 Å². The monoisotopic (exact) mass is 367 g/mol. The van der Waals surface area contributed by atoms with Crippen LogP contribution >= 0.6 is 11.8 Å². The highest BCUT2D eigenvalue weighted by atomic mass is 32.2. The lowest BCUT2D eigenvalue weighted by Crippen LogP contribution is -2.22. The topological polar surface area (TPSA) is 66.7 Å². The van der Waals surface area contributed by atoms with E-state index in [1.807, 2.05) is 17.8 Å². The Kier molecular flexibility index (Phi) is 5.28. The highest BCUT2D eigenvalue weighted by Crippen LogP contribution is 2.42. The zero-order valence-corrected chi connectivity index (χ0v) is 15.6. The second kappa shape index (κ2) is 7.46. The average Bonchev–Trinajstić information content (AvgIpc) is 2.63. The number of hydrogen-bond donors (Lipinski definition) is 1. The van der Waals surface area contributed by atoms with E-state index < -0.39 is 12.0 Å². The van der Waals surface area contributed by atoms with Crippen LogP contribution in [0.1, 0.15) is 53.4 Å². The molecule has 0 radical (unpaired) electrons. The molecule has 1 aliphatic rings. The van der Waals surface area contributed by atoms with Crippen molar-refractivity contribution >= 4 is 23.8 Å². The van der Waals surface area contributed by atoms with Gasteiger partial charge in [0.1, 0.15) is 6.04 Å². The van der Waals surface area contributed by atoms with Crippen LogP contribution < -0.4 is 0 Å². The number of thioether (sulfide) groups is 1. The lowest BCUT2D eigenvalue weighted by atomic mass is 9.80. The van der Waals surface area contributed by atoms with Crippen molar-refractivity contribution in [1.82, 2.24) is 0 Å². The van der Waals surface area contributed by atoms with Crippen LogP contribution in [0, 0.1) is 4.91 Å². The molecule has 0 spiro atoms. The SMILES string of the molecule is CC1(C)CCSc2ccc(C(C=Cc3ccc(C(=O)O)cc3)N=O)cc21. The normalized spacial score (nSPS) is 16.8. The van der Waals surface area contributed by atoms with Gasteiger partial charge in [0.15, 0.2) is 0 Å². The molecule has 0 fully saturated rings. The first-order chi connectivity index (χ1) is 12.4. The van der Waals surface area contributed by atoms with Crippen LogP contribution in [0.15, 0.2) is 58.6 Å². The van der Waals surface area contributed by atoms with Crippen LogP contribution in [-0.4, -0.2) is 16.8 Å². The van der Waals surface area contributed by atoms with Crippen molar-refractivity contribution in [3.8, 4) is 0 Å². The van der Waals surface area contributed by atoms with Crippen LogP contribution in [0.5, 0.6) is 0 Å². The molecule has 4 nitrogen and oxygen atoms in total. The lowest BCUT2D eigenvalue weighted by molar-refractivity contribution is 0.0697. The van der Waals surface area contributed by atoms with Gasteiger partial charge < -0.3 is 5.11 Å². The quantitative estimate of drug-likeness (QED) is 0.691. The summed E-state index contributed by atoms with van der Waals surface area (Å²) in [6.07, 6.45) is 4.67. The van der Waals surface area contributed by atoms with E-state index in [9.17, 15) is 9.70 Å². The zero-order chi connectivity index (χ0) is 18.7. The molecule has 0 bridgehead atoms. The third kappa shape index (κ3) is 3.88. The van der Waals surface area contributed by atoms with E-state index in [1.165, 1.54) is 10.5 Å². The summed E-state index contributed by atoms with van der Waals surface area (Å²) in [6, 6.07) is 12.1. The minimum Gasteiger partial charge on any atom is -0.478 e. The first kappa shape index (κ1) is 18.4. The molecule has 0 amide bonds. The molecule has 0 saturated carbocycles. The molecule has 26 heavy (non-hydrogen) atoms. The Bertz CT molecular complexity index is 856. The van der Waals surface area contributed by atoms with Gasteiger partial charge in [-0.3, -0.25) is 0 Å². The first-order valence-corrected chi connectivity index (χ1v) is 9.50. The summed E-state index contributed by atoms with van der Waals surface area (Å²) in [5.41, 5.74) is 3.33. The Morgan fingerprint density at radius 3 is 2.62 bits per heavy atom. The summed E-state index contributed by atoms with van der Waals surface area (Å²) >= 11 is 1.86. The van der Waals surface area contributed by atoms with E-state index in [2.05, 4.69) is 31.2 Å². The maximum absolute atomic E-state index is 11.4. The molecule has 1 unspecified atom stereocenters. The van der Waals surface area contributed by atoms with Crippen molar-refractivity contribution in [2.75, 3.05) is 5.75 Å². The minimum atomic E-state index is -0.956. The van der Waals surface area contributed by atoms with Gasteiger partial charge in [0, 0.05) is 4.90 Å². The van der Waals surface area contributed by atoms with Gasteiger partial charge in [-0.05, 0) is 52.5 Å². The maximum atomic E-state index is 11.4. The summed E-state index contributed by atoms with van der Waals surface area (Å²) < 4.78 is 0. The van der Waals surface area contributed by atoms with E-state index in [-0.39, 0.29) is 11.0 Å². The molecule has 1 heterocycles. The molecular formula is C21H21NO3S. The Hall–Kier alpha value is -2.40. The van der Waals surface area contributed by atoms with Gasteiger partial charge in [0.05, 0.1) is 5.56 Å². The number of nitrogens with zero attached hydrogens (tertiary/aromatic N) is 1. The first-order valence-electron chi connectivity index (χ1n) is 8.52. The number of hydrogen-bond acceptors (Lipinski definition) is 4. The Labute approximate surface area is 157 Å². The highest BCUT2D eigenvalue weighted by Gasteiger charge is 2.28. The number of fused-ring (bicyclic) bond motifs is 1. The van der Waals surface area contributed by atoms with Gasteiger partial charge in [-0.2, -0.15) is 0 Å². The Morgan fingerprint density at radius 1 is 1.23 bits per heavy atom. The van der Waals surface area contributed by atoms with Crippen molar-refractivity contribution in [1.29, 1.82) is 0 Å². The summed E-state index contributed by atoms with van der Waals surface area (Å²) in [4.78, 5) is 23.6. The van der Waals surface area contributed by atoms with Gasteiger partial charge in [-0.15, -0.1) is 16.7 Å². The second-order valence-electron chi connectivity index (χ2n) is 7.07. The zero-order valence-electron chi connectivity index (χ0n) is 14.8. The maximum Gasteiger partial charge on any atom is 0.335 e. The Morgan fingerprint density at radius 2 is 1.96 bits per heavy atom. The average molecular weight is 367 g/mol. The molecular weight excluding hydrogens is 346 g/mol. The molecule has 2 aromatic carbocycles. The van der Waals surface area contributed by atoms with Crippen molar-refractivity contribution < 1.29 is 9.90 Å². The summed E-state index contributed by atoms with van der Waals surface area (Å²) in [7, 11) is 0. The van der Waals surface area contributed by atoms with Gasteiger partial charge in [-0.1, -0.05) is 55.4 Å². The van der Waals surface area contributed by atoms with Gasteiger partial charge >= 0.3 is 5.97 Å². The molecule has 0 aliphatic carbocycles. The molecule has 1 N–H and O–H groups in total. The standard InChI is InChI=1S/C21H21NO3S/c1-21(2)11-12-26-19-10-8-16(13-17(19)21)18(22-25)9-5-14-3-6-15(7-4-14)20(23)24/h3-10,13,18H,11-12H2,1-2H3,(H,23,24). The fourth-order valence-electron chi connectivity index (χ4n) is 3.08. The van der Waals surface area contributed by atoms with Crippen LogP contribution in [0.2, 0.25) is 0 Å². The smallest absolute Gasteiger partial charge is 0.335 e. The van der Waals surface area contributed by atoms with E-state index in [1.54, 1.807) is 36.4 Å². The van der Waals surface area contributed by atoms with Gasteiger partial charge in [0.25, 0.3) is 0 Å². The van der Waals surface area contributed by atoms with E-state index in [4.69, 9.17) is 5.11 Å². The van der Waals surface area contributed by atoms with E-state index >= 15 is 0 Å². The molecule has 3 rings (SSSR count). The van der Waals surface area contributed by atoms with Gasteiger partial charge in [0.2, 0.25) is 0 Å². The third-order valence-corrected chi connectivity index (χ3v) is 5.88.